The fourth-order valence-corrected chi connectivity index (χ4v) is 1.82. The summed E-state index contributed by atoms with van der Waals surface area (Å²) in [5, 5.41) is 2.91. The van der Waals surface area contributed by atoms with Crippen LogP contribution in [0.15, 0.2) is 27.8 Å². The zero-order chi connectivity index (χ0) is 14.0. The van der Waals surface area contributed by atoms with E-state index in [1.165, 1.54) is 0 Å². The molecule has 19 heavy (non-hydrogen) atoms. The van der Waals surface area contributed by atoms with Crippen LogP contribution in [0.4, 0.5) is 11.4 Å². The largest absolute Gasteiger partial charge is 0.495 e. The molecular weight excluding hydrogens is 246 g/mol. The second-order valence-electron chi connectivity index (χ2n) is 4.12. The lowest BCUT2D eigenvalue weighted by atomic mass is 10.1. The van der Waals surface area contributed by atoms with E-state index in [-0.39, 0.29) is 11.4 Å². The van der Waals surface area contributed by atoms with Gasteiger partial charge in [0.2, 0.25) is 0 Å². The third-order valence-electron chi connectivity index (χ3n) is 2.77. The van der Waals surface area contributed by atoms with Crippen molar-refractivity contribution >= 4 is 11.4 Å². The van der Waals surface area contributed by atoms with Gasteiger partial charge in [-0.25, -0.2) is 0 Å². The van der Waals surface area contributed by atoms with E-state index in [1.54, 1.807) is 20.1 Å². The SMILES string of the molecule is CCOc1c(Nc2cc(C)ccc2OC)c(=O)c1=O. The Morgan fingerprint density at radius 1 is 1.21 bits per heavy atom. The molecule has 0 aliphatic rings. The van der Waals surface area contributed by atoms with Crippen LogP contribution in [-0.4, -0.2) is 13.7 Å². The van der Waals surface area contributed by atoms with Crippen LogP contribution < -0.4 is 25.6 Å². The molecule has 0 unspecified atom stereocenters. The Kier molecular flexibility index (Phi) is 3.55. The van der Waals surface area contributed by atoms with E-state index >= 15 is 0 Å². The van der Waals surface area contributed by atoms with Crippen LogP contribution in [0.2, 0.25) is 0 Å². The predicted octanol–water partition coefficient (Wildman–Crippen LogP) is 1.74. The summed E-state index contributed by atoms with van der Waals surface area (Å²) < 4.78 is 10.4. The summed E-state index contributed by atoms with van der Waals surface area (Å²) in [5.74, 6) is 0.692. The van der Waals surface area contributed by atoms with E-state index in [4.69, 9.17) is 9.47 Å². The molecule has 0 radical (unpaired) electrons. The number of benzene rings is 1. The highest BCUT2D eigenvalue weighted by Gasteiger charge is 2.23. The molecule has 0 saturated carbocycles. The van der Waals surface area contributed by atoms with E-state index in [1.807, 2.05) is 19.1 Å². The van der Waals surface area contributed by atoms with Crippen molar-refractivity contribution in [3.05, 3.63) is 44.2 Å². The lowest BCUT2D eigenvalue weighted by Gasteiger charge is -2.15. The average Bonchev–Trinajstić information content (AvgIpc) is 2.42. The van der Waals surface area contributed by atoms with E-state index in [2.05, 4.69) is 5.32 Å². The number of hydrogen-bond acceptors (Lipinski definition) is 5. The first kappa shape index (κ1) is 13.1. The number of hydrogen-bond donors (Lipinski definition) is 1. The van der Waals surface area contributed by atoms with Crippen LogP contribution >= 0.6 is 0 Å². The maximum Gasteiger partial charge on any atom is 0.272 e. The van der Waals surface area contributed by atoms with Crippen molar-refractivity contribution in [2.45, 2.75) is 13.8 Å². The van der Waals surface area contributed by atoms with Crippen LogP contribution in [0.5, 0.6) is 11.5 Å². The molecule has 2 rings (SSSR count). The Balaban J connectivity index is 2.37. The summed E-state index contributed by atoms with van der Waals surface area (Å²) >= 11 is 0. The Bertz CT molecular complexity index is 668. The number of nitrogens with one attached hydrogen (secondary N) is 1. The van der Waals surface area contributed by atoms with E-state index in [0.29, 0.717) is 18.0 Å². The van der Waals surface area contributed by atoms with Crippen LogP contribution in [0, 0.1) is 6.92 Å². The second-order valence-corrected chi connectivity index (χ2v) is 4.12. The maximum atomic E-state index is 11.5. The molecule has 0 spiro atoms. The maximum absolute atomic E-state index is 11.5. The molecule has 2 aromatic rings. The minimum absolute atomic E-state index is 0.0936. The highest BCUT2D eigenvalue weighted by atomic mass is 16.5. The van der Waals surface area contributed by atoms with Gasteiger partial charge in [0.1, 0.15) is 11.4 Å². The van der Waals surface area contributed by atoms with Crippen molar-refractivity contribution in [2.24, 2.45) is 0 Å². The van der Waals surface area contributed by atoms with Gasteiger partial charge >= 0.3 is 0 Å². The van der Waals surface area contributed by atoms with Gasteiger partial charge in [0.15, 0.2) is 5.75 Å². The second kappa shape index (κ2) is 5.14. The zero-order valence-corrected chi connectivity index (χ0v) is 11.1. The molecular formula is C14H15NO4. The molecule has 0 aliphatic heterocycles. The van der Waals surface area contributed by atoms with Crippen LogP contribution in [0.3, 0.4) is 0 Å². The highest BCUT2D eigenvalue weighted by molar-refractivity contribution is 5.73. The van der Waals surface area contributed by atoms with Gasteiger partial charge in [-0.1, -0.05) is 6.07 Å². The summed E-state index contributed by atoms with van der Waals surface area (Å²) in [6, 6.07) is 5.53. The normalized spacial score (nSPS) is 10.5. The number of anilines is 2. The first-order chi connectivity index (χ1) is 9.08. The molecule has 1 N–H and O–H groups in total. The molecule has 0 saturated heterocycles. The molecule has 0 atom stereocenters. The fourth-order valence-electron chi connectivity index (χ4n) is 1.82. The highest BCUT2D eigenvalue weighted by Crippen LogP contribution is 2.30. The standard InChI is InChI=1S/C14H15NO4/c1-4-19-14-11(12(16)13(14)17)15-9-7-8(2)5-6-10(9)18-3/h5-7,15H,4H2,1-3H3. The molecule has 0 aliphatic carbocycles. The Hall–Kier alpha value is -2.30. The number of ether oxygens (including phenoxy) is 2. The molecule has 5 nitrogen and oxygen atoms in total. The van der Waals surface area contributed by atoms with Crippen LogP contribution in [0.1, 0.15) is 12.5 Å². The molecule has 0 bridgehead atoms. The molecule has 0 amide bonds. The van der Waals surface area contributed by atoms with Gasteiger partial charge < -0.3 is 14.8 Å². The smallest absolute Gasteiger partial charge is 0.272 e. The minimum atomic E-state index is -0.587. The molecule has 2 aromatic carbocycles. The number of aryl methyl sites for hydroxylation is 1. The summed E-state index contributed by atoms with van der Waals surface area (Å²) in [4.78, 5) is 22.9. The van der Waals surface area contributed by atoms with Crippen molar-refractivity contribution in [3.8, 4) is 11.5 Å². The van der Waals surface area contributed by atoms with Gasteiger partial charge in [0.25, 0.3) is 10.9 Å². The van der Waals surface area contributed by atoms with Gasteiger partial charge in [0, 0.05) is 0 Å². The van der Waals surface area contributed by atoms with Crippen molar-refractivity contribution in [3.63, 3.8) is 0 Å². The third kappa shape index (κ3) is 2.31. The molecule has 0 heterocycles. The van der Waals surface area contributed by atoms with Gasteiger partial charge in [-0.15, -0.1) is 0 Å². The first-order valence-electron chi connectivity index (χ1n) is 5.96. The van der Waals surface area contributed by atoms with Crippen LogP contribution in [0.25, 0.3) is 0 Å². The van der Waals surface area contributed by atoms with Crippen molar-refractivity contribution in [1.29, 1.82) is 0 Å². The summed E-state index contributed by atoms with van der Waals surface area (Å²) in [6.07, 6.45) is 0. The minimum Gasteiger partial charge on any atom is -0.495 e. The van der Waals surface area contributed by atoms with Crippen molar-refractivity contribution < 1.29 is 9.47 Å². The molecule has 0 fully saturated rings. The van der Waals surface area contributed by atoms with Crippen LogP contribution in [-0.2, 0) is 0 Å². The van der Waals surface area contributed by atoms with Gasteiger partial charge in [0.05, 0.1) is 19.4 Å². The summed E-state index contributed by atoms with van der Waals surface area (Å²) in [5.41, 5.74) is 0.689. The van der Waals surface area contributed by atoms with Gasteiger partial charge in [-0.3, -0.25) is 9.59 Å². The summed E-state index contributed by atoms with van der Waals surface area (Å²) in [7, 11) is 1.54. The van der Waals surface area contributed by atoms with E-state index in [9.17, 15) is 9.59 Å². The van der Waals surface area contributed by atoms with Crippen molar-refractivity contribution in [2.75, 3.05) is 19.0 Å². The summed E-state index contributed by atoms with van der Waals surface area (Å²) in [6.45, 7) is 4.02. The average molecular weight is 261 g/mol. The zero-order valence-electron chi connectivity index (χ0n) is 11.1. The van der Waals surface area contributed by atoms with E-state index < -0.39 is 10.9 Å². The van der Waals surface area contributed by atoms with Gasteiger partial charge in [-0.2, -0.15) is 0 Å². The molecule has 5 heteroatoms. The number of rotatable bonds is 5. The third-order valence-corrected chi connectivity index (χ3v) is 2.77. The van der Waals surface area contributed by atoms with E-state index in [0.717, 1.165) is 5.56 Å². The lowest BCUT2D eigenvalue weighted by molar-refractivity contribution is 0.335. The molecule has 100 valence electrons. The monoisotopic (exact) mass is 261 g/mol. The Labute approximate surface area is 110 Å². The quantitative estimate of drug-likeness (QED) is 0.830. The fraction of sp³-hybridized carbons (Fsp3) is 0.286. The number of methoxy groups -OCH3 is 1. The molecule has 0 aromatic heterocycles. The van der Waals surface area contributed by atoms with Gasteiger partial charge in [-0.05, 0) is 31.5 Å². The first-order valence-corrected chi connectivity index (χ1v) is 5.96. The lowest BCUT2D eigenvalue weighted by Crippen LogP contribution is -2.35. The Morgan fingerprint density at radius 2 is 1.95 bits per heavy atom. The predicted molar refractivity (Wildman–Crippen MR) is 73.5 cm³/mol. The van der Waals surface area contributed by atoms with Crippen molar-refractivity contribution in [1.82, 2.24) is 0 Å². The topological polar surface area (TPSA) is 64.6 Å². The Morgan fingerprint density at radius 3 is 2.58 bits per heavy atom.